The third-order valence-electron chi connectivity index (χ3n) is 2.19. The van der Waals surface area contributed by atoms with Gasteiger partial charge >= 0.3 is 0 Å². The van der Waals surface area contributed by atoms with E-state index < -0.39 is 10.0 Å². The summed E-state index contributed by atoms with van der Waals surface area (Å²) in [5.74, 6) is 0.251. The molecule has 92 valence electrons. The van der Waals surface area contributed by atoms with Crippen molar-refractivity contribution >= 4 is 10.0 Å². The summed E-state index contributed by atoms with van der Waals surface area (Å²) in [5.41, 5.74) is 0. The smallest absolute Gasteiger partial charge is 0.211 e. The molecule has 0 aromatic heterocycles. The Kier molecular flexibility index (Phi) is 9.04. The standard InChI is InChI=1S/C10H24N2O2S/c1-3-4-5-9-12-15(13,14)10-7-6-8-11-2/h11-12H,3-10H2,1-2H3. The molecule has 0 heterocycles. The molecular formula is C10H24N2O2S. The fraction of sp³-hybridized carbons (Fsp3) is 1.00. The van der Waals surface area contributed by atoms with Gasteiger partial charge in [0.25, 0.3) is 0 Å². The van der Waals surface area contributed by atoms with Crippen LogP contribution in [0.5, 0.6) is 0 Å². The van der Waals surface area contributed by atoms with E-state index in [2.05, 4.69) is 17.0 Å². The van der Waals surface area contributed by atoms with Gasteiger partial charge in [0.1, 0.15) is 0 Å². The molecule has 0 atom stereocenters. The van der Waals surface area contributed by atoms with E-state index in [1.54, 1.807) is 0 Å². The Labute approximate surface area is 93.9 Å². The summed E-state index contributed by atoms with van der Waals surface area (Å²) in [5, 5.41) is 3.00. The van der Waals surface area contributed by atoms with Crippen LogP contribution in [0, 0.1) is 0 Å². The van der Waals surface area contributed by atoms with Gasteiger partial charge in [-0.2, -0.15) is 0 Å². The molecule has 0 aromatic carbocycles. The second kappa shape index (κ2) is 9.12. The van der Waals surface area contributed by atoms with E-state index in [-0.39, 0.29) is 5.75 Å². The van der Waals surface area contributed by atoms with Crippen LogP contribution in [0.25, 0.3) is 0 Å². The molecule has 0 fully saturated rings. The monoisotopic (exact) mass is 236 g/mol. The lowest BCUT2D eigenvalue weighted by molar-refractivity contribution is 0.570. The molecular weight excluding hydrogens is 212 g/mol. The van der Waals surface area contributed by atoms with Gasteiger partial charge in [0.2, 0.25) is 10.0 Å². The summed E-state index contributed by atoms with van der Waals surface area (Å²) in [6, 6.07) is 0. The molecule has 0 amide bonds. The number of nitrogens with one attached hydrogen (secondary N) is 2. The quantitative estimate of drug-likeness (QED) is 0.558. The van der Waals surface area contributed by atoms with E-state index in [1.165, 1.54) is 0 Å². The number of hydrogen-bond donors (Lipinski definition) is 2. The first-order chi connectivity index (χ1) is 7.12. The van der Waals surface area contributed by atoms with Gasteiger partial charge in [-0.15, -0.1) is 0 Å². The zero-order chi connectivity index (χ0) is 11.6. The summed E-state index contributed by atoms with van der Waals surface area (Å²) in [4.78, 5) is 0. The van der Waals surface area contributed by atoms with Crippen LogP contribution in [0.4, 0.5) is 0 Å². The summed E-state index contributed by atoms with van der Waals surface area (Å²) in [6.07, 6.45) is 4.77. The number of sulfonamides is 1. The minimum atomic E-state index is -3.02. The predicted molar refractivity (Wildman–Crippen MR) is 64.5 cm³/mol. The lowest BCUT2D eigenvalue weighted by Gasteiger charge is -2.05. The average molecular weight is 236 g/mol. The molecule has 0 aliphatic carbocycles. The first kappa shape index (κ1) is 14.9. The lowest BCUT2D eigenvalue weighted by Crippen LogP contribution is -2.27. The summed E-state index contributed by atoms with van der Waals surface area (Å²) in [7, 11) is -1.15. The van der Waals surface area contributed by atoms with E-state index in [9.17, 15) is 8.42 Å². The van der Waals surface area contributed by atoms with Crippen molar-refractivity contribution < 1.29 is 8.42 Å². The van der Waals surface area contributed by atoms with Crippen LogP contribution < -0.4 is 10.0 Å². The van der Waals surface area contributed by atoms with Crippen molar-refractivity contribution in [2.45, 2.75) is 39.0 Å². The zero-order valence-corrected chi connectivity index (χ0v) is 10.7. The van der Waals surface area contributed by atoms with Crippen molar-refractivity contribution in [3.8, 4) is 0 Å². The maximum atomic E-state index is 11.4. The van der Waals surface area contributed by atoms with Crippen molar-refractivity contribution in [1.82, 2.24) is 10.0 Å². The predicted octanol–water partition coefficient (Wildman–Crippen LogP) is 1.10. The molecule has 0 unspecified atom stereocenters. The Morgan fingerprint density at radius 2 is 1.67 bits per heavy atom. The average Bonchev–Trinajstić information content (AvgIpc) is 2.20. The number of unbranched alkanes of at least 4 members (excludes halogenated alkanes) is 3. The highest BCUT2D eigenvalue weighted by Crippen LogP contribution is 1.96. The van der Waals surface area contributed by atoms with Crippen LogP contribution in [0.2, 0.25) is 0 Å². The molecule has 0 aromatic rings. The van der Waals surface area contributed by atoms with Crippen molar-refractivity contribution in [2.24, 2.45) is 0 Å². The zero-order valence-electron chi connectivity index (χ0n) is 9.88. The maximum Gasteiger partial charge on any atom is 0.211 e. The number of rotatable bonds is 10. The Morgan fingerprint density at radius 1 is 1.00 bits per heavy atom. The van der Waals surface area contributed by atoms with Gasteiger partial charge in [0.05, 0.1) is 5.75 Å². The minimum Gasteiger partial charge on any atom is -0.320 e. The van der Waals surface area contributed by atoms with E-state index in [0.717, 1.165) is 38.6 Å². The first-order valence-electron chi connectivity index (χ1n) is 5.74. The molecule has 0 radical (unpaired) electrons. The third-order valence-corrected chi connectivity index (χ3v) is 3.66. The highest BCUT2D eigenvalue weighted by molar-refractivity contribution is 7.89. The molecule has 0 aliphatic rings. The molecule has 2 N–H and O–H groups in total. The fourth-order valence-corrected chi connectivity index (χ4v) is 2.45. The highest BCUT2D eigenvalue weighted by Gasteiger charge is 2.07. The summed E-state index contributed by atoms with van der Waals surface area (Å²) >= 11 is 0. The van der Waals surface area contributed by atoms with Gasteiger partial charge in [-0.1, -0.05) is 19.8 Å². The van der Waals surface area contributed by atoms with Crippen LogP contribution in [0.1, 0.15) is 39.0 Å². The molecule has 0 aliphatic heterocycles. The van der Waals surface area contributed by atoms with Gasteiger partial charge in [0, 0.05) is 6.54 Å². The van der Waals surface area contributed by atoms with Crippen LogP contribution in [-0.2, 0) is 10.0 Å². The largest absolute Gasteiger partial charge is 0.320 e. The molecule has 0 saturated carbocycles. The van der Waals surface area contributed by atoms with Crippen molar-refractivity contribution in [2.75, 3.05) is 25.9 Å². The molecule has 0 saturated heterocycles. The van der Waals surface area contributed by atoms with Gasteiger partial charge in [0.15, 0.2) is 0 Å². The third kappa shape index (κ3) is 10.2. The summed E-state index contributed by atoms with van der Waals surface area (Å²) < 4.78 is 25.5. The van der Waals surface area contributed by atoms with E-state index in [4.69, 9.17) is 0 Å². The SMILES string of the molecule is CCCCCNS(=O)(=O)CCCCNC. The molecule has 0 bridgehead atoms. The van der Waals surface area contributed by atoms with Crippen molar-refractivity contribution in [3.63, 3.8) is 0 Å². The Bertz CT molecular complexity index is 210. The van der Waals surface area contributed by atoms with Crippen molar-refractivity contribution in [3.05, 3.63) is 0 Å². The van der Waals surface area contributed by atoms with Gasteiger partial charge in [-0.05, 0) is 32.9 Å². The summed E-state index contributed by atoms with van der Waals surface area (Å²) in [6.45, 7) is 3.57. The van der Waals surface area contributed by atoms with Crippen LogP contribution in [0.15, 0.2) is 0 Å². The molecule has 0 rings (SSSR count). The molecule has 5 heteroatoms. The van der Waals surface area contributed by atoms with Crippen LogP contribution >= 0.6 is 0 Å². The van der Waals surface area contributed by atoms with Gasteiger partial charge < -0.3 is 5.32 Å². The van der Waals surface area contributed by atoms with Crippen LogP contribution in [-0.4, -0.2) is 34.3 Å². The first-order valence-corrected chi connectivity index (χ1v) is 7.39. The molecule has 0 spiro atoms. The normalized spacial score (nSPS) is 11.9. The van der Waals surface area contributed by atoms with E-state index >= 15 is 0 Å². The second-order valence-electron chi connectivity index (χ2n) is 3.73. The van der Waals surface area contributed by atoms with Crippen LogP contribution in [0.3, 0.4) is 0 Å². The van der Waals surface area contributed by atoms with Gasteiger partial charge in [-0.25, -0.2) is 13.1 Å². The Balaban J connectivity index is 3.50. The minimum absolute atomic E-state index is 0.251. The topological polar surface area (TPSA) is 58.2 Å². The second-order valence-corrected chi connectivity index (χ2v) is 5.66. The maximum absolute atomic E-state index is 11.4. The highest BCUT2D eigenvalue weighted by atomic mass is 32.2. The number of hydrogen-bond acceptors (Lipinski definition) is 3. The van der Waals surface area contributed by atoms with Gasteiger partial charge in [-0.3, -0.25) is 0 Å². The fourth-order valence-electron chi connectivity index (χ4n) is 1.27. The van der Waals surface area contributed by atoms with E-state index in [0.29, 0.717) is 6.54 Å². The van der Waals surface area contributed by atoms with Crippen molar-refractivity contribution in [1.29, 1.82) is 0 Å². The molecule has 4 nitrogen and oxygen atoms in total. The lowest BCUT2D eigenvalue weighted by atomic mass is 10.3. The van der Waals surface area contributed by atoms with E-state index in [1.807, 2.05) is 7.05 Å². The Hall–Kier alpha value is -0.130. The Morgan fingerprint density at radius 3 is 2.27 bits per heavy atom. The molecule has 15 heavy (non-hydrogen) atoms.